The van der Waals surface area contributed by atoms with E-state index in [1.807, 2.05) is 0 Å². The Hall–Kier alpha value is -1.39. The minimum atomic E-state index is -0.254. The Balaban J connectivity index is 1.76. The summed E-state index contributed by atoms with van der Waals surface area (Å²) in [6.45, 7) is 4.49. The molecule has 0 bridgehead atoms. The number of rotatable bonds is 2. The van der Waals surface area contributed by atoms with Crippen LogP contribution in [0.2, 0.25) is 0 Å². The van der Waals surface area contributed by atoms with Gasteiger partial charge >= 0.3 is 0 Å². The lowest BCUT2D eigenvalue weighted by Gasteiger charge is -2.29. The Morgan fingerprint density at radius 2 is 2.37 bits per heavy atom. The van der Waals surface area contributed by atoms with Gasteiger partial charge in [0.15, 0.2) is 0 Å². The normalized spacial score (nSPS) is 25.9. The van der Waals surface area contributed by atoms with Gasteiger partial charge in [-0.1, -0.05) is 18.2 Å². The molecule has 1 aromatic carbocycles. The first kappa shape index (κ1) is 12.6. The van der Waals surface area contributed by atoms with Crippen LogP contribution >= 0.6 is 0 Å². The smallest absolute Gasteiger partial charge is 0.249 e. The highest BCUT2D eigenvalue weighted by atomic mass is 16.5. The van der Waals surface area contributed by atoms with E-state index in [4.69, 9.17) is 4.74 Å². The van der Waals surface area contributed by atoms with Crippen LogP contribution in [0.25, 0.3) is 0 Å². The summed E-state index contributed by atoms with van der Waals surface area (Å²) >= 11 is 0. The van der Waals surface area contributed by atoms with E-state index in [9.17, 15) is 4.79 Å². The molecular weight excluding hydrogens is 240 g/mol. The number of carbonyl (C=O) groups excluding carboxylic acids is 1. The Bertz CT molecular complexity index is 481. The van der Waals surface area contributed by atoms with Gasteiger partial charge < -0.3 is 15.4 Å². The summed E-state index contributed by atoms with van der Waals surface area (Å²) in [5.74, 6) is 0.0265. The van der Waals surface area contributed by atoms with Crippen LogP contribution < -0.4 is 10.6 Å². The van der Waals surface area contributed by atoms with E-state index in [1.54, 1.807) is 0 Å². The molecule has 0 aromatic heterocycles. The third-order valence-corrected chi connectivity index (χ3v) is 4.01. The minimum Gasteiger partial charge on any atom is -0.368 e. The van der Waals surface area contributed by atoms with E-state index in [0.717, 1.165) is 25.9 Å². The second kappa shape index (κ2) is 5.31. The highest BCUT2D eigenvalue weighted by molar-refractivity contribution is 5.81. The maximum absolute atomic E-state index is 12.1. The van der Waals surface area contributed by atoms with Gasteiger partial charge in [0.05, 0.1) is 6.04 Å². The predicted molar refractivity (Wildman–Crippen MR) is 72.7 cm³/mol. The van der Waals surface area contributed by atoms with Crippen LogP contribution in [0.3, 0.4) is 0 Å². The van der Waals surface area contributed by atoms with E-state index in [-0.39, 0.29) is 18.1 Å². The number of aryl methyl sites for hydroxylation is 1. The van der Waals surface area contributed by atoms with Crippen LogP contribution in [0.5, 0.6) is 0 Å². The van der Waals surface area contributed by atoms with Crippen LogP contribution in [0.4, 0.5) is 0 Å². The van der Waals surface area contributed by atoms with Gasteiger partial charge in [0.2, 0.25) is 5.91 Å². The Kier molecular flexibility index (Phi) is 3.53. The maximum Gasteiger partial charge on any atom is 0.249 e. The molecule has 0 radical (unpaired) electrons. The quantitative estimate of drug-likeness (QED) is 0.846. The number of fused-ring (bicyclic) bond motifs is 1. The molecule has 3 rings (SSSR count). The highest BCUT2D eigenvalue weighted by Gasteiger charge is 2.28. The monoisotopic (exact) mass is 260 g/mol. The standard InChI is InChI=1S/C15H20N2O2/c1-10-4-2-5-11-12(10)8-16-9-13(11)17-15(18)14-6-3-7-19-14/h2,4-5,13-14,16H,3,6-9H2,1H3,(H,17,18). The second-order valence-corrected chi connectivity index (χ2v) is 5.34. The van der Waals surface area contributed by atoms with Gasteiger partial charge in [0.1, 0.15) is 6.10 Å². The molecule has 19 heavy (non-hydrogen) atoms. The molecule has 4 heteroatoms. The molecule has 1 aromatic rings. The van der Waals surface area contributed by atoms with Gasteiger partial charge in [-0.05, 0) is 36.5 Å². The van der Waals surface area contributed by atoms with E-state index in [1.165, 1.54) is 16.7 Å². The van der Waals surface area contributed by atoms with Gasteiger partial charge in [-0.3, -0.25) is 4.79 Å². The molecule has 2 heterocycles. The minimum absolute atomic E-state index is 0.0265. The van der Waals surface area contributed by atoms with Crippen molar-refractivity contribution >= 4 is 5.91 Å². The number of amides is 1. The molecule has 2 atom stereocenters. The topological polar surface area (TPSA) is 50.4 Å². The number of hydrogen-bond acceptors (Lipinski definition) is 3. The largest absolute Gasteiger partial charge is 0.368 e. The van der Waals surface area contributed by atoms with Crippen molar-refractivity contribution in [2.75, 3.05) is 13.2 Å². The summed E-state index contributed by atoms with van der Waals surface area (Å²) in [6.07, 6.45) is 1.57. The molecule has 2 aliphatic rings. The van der Waals surface area contributed by atoms with Crippen LogP contribution in [-0.2, 0) is 16.1 Å². The van der Waals surface area contributed by atoms with Gasteiger partial charge in [-0.2, -0.15) is 0 Å². The molecule has 1 saturated heterocycles. The van der Waals surface area contributed by atoms with Crippen molar-refractivity contribution < 1.29 is 9.53 Å². The summed E-state index contributed by atoms with van der Waals surface area (Å²) in [6, 6.07) is 6.35. The average molecular weight is 260 g/mol. The van der Waals surface area contributed by atoms with Gasteiger partial charge in [0, 0.05) is 19.7 Å². The summed E-state index contributed by atoms with van der Waals surface area (Å²) in [4.78, 5) is 12.1. The zero-order valence-corrected chi connectivity index (χ0v) is 11.2. The third-order valence-electron chi connectivity index (χ3n) is 4.01. The van der Waals surface area contributed by atoms with Crippen molar-refractivity contribution in [2.45, 2.75) is 38.5 Å². The molecular formula is C15H20N2O2. The van der Waals surface area contributed by atoms with E-state index in [0.29, 0.717) is 6.61 Å². The number of nitrogens with one attached hydrogen (secondary N) is 2. The Morgan fingerprint density at radius 3 is 3.16 bits per heavy atom. The molecule has 4 nitrogen and oxygen atoms in total. The molecule has 0 aliphatic carbocycles. The molecule has 2 aliphatic heterocycles. The zero-order valence-electron chi connectivity index (χ0n) is 11.2. The lowest BCUT2D eigenvalue weighted by molar-refractivity contribution is -0.130. The van der Waals surface area contributed by atoms with Gasteiger partial charge in [0.25, 0.3) is 0 Å². The molecule has 0 saturated carbocycles. The zero-order chi connectivity index (χ0) is 13.2. The second-order valence-electron chi connectivity index (χ2n) is 5.34. The number of hydrogen-bond donors (Lipinski definition) is 2. The first-order valence-corrected chi connectivity index (χ1v) is 6.97. The summed E-state index contributed by atoms with van der Waals surface area (Å²) in [5, 5.41) is 6.49. The fourth-order valence-electron chi connectivity index (χ4n) is 2.92. The molecule has 1 fully saturated rings. The van der Waals surface area contributed by atoms with E-state index in [2.05, 4.69) is 35.8 Å². The lowest BCUT2D eigenvalue weighted by Crippen LogP contribution is -2.43. The Labute approximate surface area is 113 Å². The number of benzene rings is 1. The predicted octanol–water partition coefficient (Wildman–Crippen LogP) is 1.43. The highest BCUT2D eigenvalue weighted by Crippen LogP contribution is 2.25. The van der Waals surface area contributed by atoms with Crippen LogP contribution in [-0.4, -0.2) is 25.2 Å². The number of carbonyl (C=O) groups is 1. The maximum atomic E-state index is 12.1. The van der Waals surface area contributed by atoms with Crippen LogP contribution in [0.15, 0.2) is 18.2 Å². The van der Waals surface area contributed by atoms with Gasteiger partial charge in [-0.15, -0.1) is 0 Å². The molecule has 2 unspecified atom stereocenters. The first-order valence-electron chi connectivity index (χ1n) is 6.97. The summed E-state index contributed by atoms with van der Waals surface area (Å²) in [5.41, 5.74) is 3.83. The molecule has 2 N–H and O–H groups in total. The average Bonchev–Trinajstić information content (AvgIpc) is 2.94. The molecule has 0 spiro atoms. The first-order chi connectivity index (χ1) is 9.25. The summed E-state index contributed by atoms with van der Waals surface area (Å²) in [7, 11) is 0. The Morgan fingerprint density at radius 1 is 1.47 bits per heavy atom. The van der Waals surface area contributed by atoms with Crippen molar-refractivity contribution in [3.8, 4) is 0 Å². The molecule has 102 valence electrons. The molecule has 1 amide bonds. The van der Waals surface area contributed by atoms with Crippen LogP contribution in [0.1, 0.15) is 35.6 Å². The fraction of sp³-hybridized carbons (Fsp3) is 0.533. The SMILES string of the molecule is Cc1cccc2c1CNCC2NC(=O)C1CCCO1. The third kappa shape index (κ3) is 2.51. The fourth-order valence-corrected chi connectivity index (χ4v) is 2.92. The van der Waals surface area contributed by atoms with Crippen molar-refractivity contribution in [2.24, 2.45) is 0 Å². The van der Waals surface area contributed by atoms with E-state index >= 15 is 0 Å². The summed E-state index contributed by atoms with van der Waals surface area (Å²) < 4.78 is 5.44. The number of ether oxygens (including phenoxy) is 1. The van der Waals surface area contributed by atoms with Crippen molar-refractivity contribution in [1.82, 2.24) is 10.6 Å². The van der Waals surface area contributed by atoms with Crippen molar-refractivity contribution in [1.29, 1.82) is 0 Å². The van der Waals surface area contributed by atoms with Gasteiger partial charge in [-0.25, -0.2) is 0 Å². The van der Waals surface area contributed by atoms with Crippen molar-refractivity contribution in [3.63, 3.8) is 0 Å². The van der Waals surface area contributed by atoms with E-state index < -0.39 is 0 Å². The van der Waals surface area contributed by atoms with Crippen LogP contribution in [0, 0.1) is 6.92 Å². The lowest BCUT2D eigenvalue weighted by atomic mass is 9.93. The van der Waals surface area contributed by atoms with Crippen molar-refractivity contribution in [3.05, 3.63) is 34.9 Å².